The van der Waals surface area contributed by atoms with Crippen molar-refractivity contribution < 1.29 is 36.3 Å². The molecule has 0 spiro atoms. The Morgan fingerprint density at radius 3 is 2.35 bits per heavy atom. The molecule has 0 aromatic carbocycles. The molecule has 9 nitrogen and oxygen atoms in total. The van der Waals surface area contributed by atoms with E-state index in [0.29, 0.717) is 23.4 Å². The minimum atomic E-state index is -4.36. The predicted molar refractivity (Wildman–Crippen MR) is 141 cm³/mol. The molecule has 2 saturated heterocycles. The van der Waals surface area contributed by atoms with Crippen LogP contribution in [-0.4, -0.2) is 58.1 Å². The minimum absolute atomic E-state index is 0.0649. The molecule has 2 bridgehead atoms. The van der Waals surface area contributed by atoms with Gasteiger partial charge in [-0.15, -0.1) is 0 Å². The Balaban J connectivity index is 1.06. The van der Waals surface area contributed by atoms with Gasteiger partial charge >= 0.3 is 6.18 Å². The molecule has 4 saturated carbocycles. The number of aromatic nitrogens is 3. The summed E-state index contributed by atoms with van der Waals surface area (Å²) in [6, 6.07) is 2.94. The molecule has 2 aliphatic heterocycles. The Kier molecular flexibility index (Phi) is 5.97. The van der Waals surface area contributed by atoms with Crippen molar-refractivity contribution in [1.29, 1.82) is 0 Å². The van der Waals surface area contributed by atoms with Crippen molar-refractivity contribution in [1.82, 2.24) is 14.6 Å². The zero-order chi connectivity index (χ0) is 30.7. The number of ether oxygens (including phenoxy) is 1. The maximum Gasteiger partial charge on any atom is 0.394 e. The lowest BCUT2D eigenvalue weighted by Crippen LogP contribution is -2.71. The monoisotopic (exact) mass is 607 g/mol. The van der Waals surface area contributed by atoms with Crippen molar-refractivity contribution in [3.05, 3.63) is 51.3 Å². The van der Waals surface area contributed by atoms with Gasteiger partial charge in [0.15, 0.2) is 11.6 Å². The van der Waals surface area contributed by atoms with Gasteiger partial charge in [-0.25, -0.2) is 23.4 Å². The number of piperidine rings is 1. The first-order valence-corrected chi connectivity index (χ1v) is 14.4. The molecule has 4 heterocycles. The van der Waals surface area contributed by atoms with E-state index in [0.717, 1.165) is 0 Å². The van der Waals surface area contributed by atoms with Crippen molar-refractivity contribution in [3.63, 3.8) is 0 Å². The summed E-state index contributed by atoms with van der Waals surface area (Å²) in [7, 11) is 0. The molecule has 6 aliphatic rings. The van der Waals surface area contributed by atoms with E-state index in [2.05, 4.69) is 15.3 Å². The fourth-order valence-corrected chi connectivity index (χ4v) is 7.48. The number of anilines is 1. The predicted octanol–water partition coefficient (Wildman–Crippen LogP) is 4.11. The third kappa shape index (κ3) is 4.22. The van der Waals surface area contributed by atoms with Crippen molar-refractivity contribution >= 4 is 17.5 Å². The van der Waals surface area contributed by atoms with Gasteiger partial charge < -0.3 is 15.1 Å². The standard InChI is InChI=1S/C29H30F5N5O4/c1-14-15(2)36-24(22(35-14)23(41)26-11-27(12-26,13-26)29(32,33)34)37-25(42)16-5-6-43-20(7-16)17-3-4-21(40)39(8-17)38-9-18-19(10-38)28(18,30)31/h3-4,8,16,18-20H,5-7,9-13H2,1-2H3,(H,36,37,42)/t16-,18?,19?,20+,26?,27?/m0/s1. The molecule has 0 radical (unpaired) electrons. The fraction of sp³-hybridized carbons (Fsp3) is 0.621. The third-order valence-electron chi connectivity index (χ3n) is 10.3. The van der Waals surface area contributed by atoms with Crippen LogP contribution in [0.25, 0.3) is 0 Å². The quantitative estimate of drug-likeness (QED) is 0.389. The number of pyridine rings is 1. The molecule has 8 rings (SSSR count). The number of amides is 1. The Morgan fingerprint density at radius 1 is 1.05 bits per heavy atom. The van der Waals surface area contributed by atoms with Gasteiger partial charge in [0.25, 0.3) is 11.5 Å². The molecular formula is C29H30F5N5O4. The highest BCUT2D eigenvalue weighted by Gasteiger charge is 2.81. The number of rotatable bonds is 6. The Morgan fingerprint density at radius 2 is 1.70 bits per heavy atom. The second-order valence-electron chi connectivity index (χ2n) is 13.0. The number of nitrogens with one attached hydrogen (secondary N) is 1. The van der Waals surface area contributed by atoms with Gasteiger partial charge in [-0.05, 0) is 57.6 Å². The van der Waals surface area contributed by atoms with Crippen LogP contribution >= 0.6 is 0 Å². The molecule has 1 N–H and O–H groups in total. The van der Waals surface area contributed by atoms with Crippen molar-refractivity contribution in [3.8, 4) is 0 Å². The van der Waals surface area contributed by atoms with Crippen LogP contribution in [0.1, 0.15) is 65.6 Å². The zero-order valence-corrected chi connectivity index (χ0v) is 23.5. The highest BCUT2D eigenvalue weighted by Crippen LogP contribution is 2.79. The maximum atomic E-state index is 13.7. The van der Waals surface area contributed by atoms with E-state index in [1.165, 1.54) is 10.7 Å². The summed E-state index contributed by atoms with van der Waals surface area (Å²) in [5.74, 6) is -5.79. The summed E-state index contributed by atoms with van der Waals surface area (Å²) >= 11 is 0. The number of fused-ring (bicyclic) bond motifs is 1. The van der Waals surface area contributed by atoms with Crippen LogP contribution in [0.2, 0.25) is 0 Å². The molecule has 4 aliphatic carbocycles. The van der Waals surface area contributed by atoms with E-state index in [1.54, 1.807) is 31.1 Å². The smallest absolute Gasteiger partial charge is 0.373 e. The zero-order valence-electron chi connectivity index (χ0n) is 23.5. The summed E-state index contributed by atoms with van der Waals surface area (Å²) in [5.41, 5.74) is -1.89. The normalized spacial score (nSPS) is 33.7. The van der Waals surface area contributed by atoms with Gasteiger partial charge in [-0.2, -0.15) is 13.2 Å². The molecule has 4 atom stereocenters. The van der Waals surface area contributed by atoms with Crippen LogP contribution in [0.3, 0.4) is 0 Å². The number of Topliss-reactive ketones (excluding diaryl/α,β-unsaturated/α-hetero) is 1. The molecule has 43 heavy (non-hydrogen) atoms. The maximum absolute atomic E-state index is 13.7. The van der Waals surface area contributed by atoms with Crippen molar-refractivity contribution in [2.75, 3.05) is 30.0 Å². The van der Waals surface area contributed by atoms with Gasteiger partial charge in [0.1, 0.15) is 5.69 Å². The summed E-state index contributed by atoms with van der Waals surface area (Å²) in [6.07, 6.45) is -3.59. The highest BCUT2D eigenvalue weighted by molar-refractivity contribution is 6.07. The van der Waals surface area contributed by atoms with E-state index >= 15 is 0 Å². The molecule has 2 unspecified atom stereocenters. The van der Waals surface area contributed by atoms with Crippen LogP contribution in [0.5, 0.6) is 0 Å². The minimum Gasteiger partial charge on any atom is -0.373 e. The average Bonchev–Trinajstić information content (AvgIpc) is 3.21. The third-order valence-corrected chi connectivity index (χ3v) is 10.3. The van der Waals surface area contributed by atoms with Gasteiger partial charge in [-0.1, -0.05) is 0 Å². The lowest BCUT2D eigenvalue weighted by atomic mass is 9.33. The number of carbonyl (C=O) groups excluding carboxylic acids is 2. The van der Waals surface area contributed by atoms with Crippen LogP contribution in [0.4, 0.5) is 27.8 Å². The average molecular weight is 608 g/mol. The lowest BCUT2D eigenvalue weighted by molar-refractivity contribution is -0.346. The molecular weight excluding hydrogens is 577 g/mol. The van der Waals surface area contributed by atoms with Gasteiger partial charge in [0, 0.05) is 43.3 Å². The second kappa shape index (κ2) is 9.05. The van der Waals surface area contributed by atoms with Gasteiger partial charge in [0.05, 0.1) is 34.7 Å². The molecule has 14 heteroatoms. The number of carbonyl (C=O) groups is 2. The van der Waals surface area contributed by atoms with E-state index in [9.17, 15) is 36.3 Å². The summed E-state index contributed by atoms with van der Waals surface area (Å²) < 4.78 is 74.8. The lowest BCUT2D eigenvalue weighted by Gasteiger charge is -2.69. The Labute approximate surface area is 242 Å². The number of aryl methyl sites for hydroxylation is 2. The number of alkyl halides is 5. The van der Waals surface area contributed by atoms with E-state index in [-0.39, 0.29) is 62.5 Å². The highest BCUT2D eigenvalue weighted by atomic mass is 19.4. The van der Waals surface area contributed by atoms with Gasteiger partial charge in [-0.3, -0.25) is 14.4 Å². The summed E-state index contributed by atoms with van der Waals surface area (Å²) in [4.78, 5) is 48.2. The first-order valence-electron chi connectivity index (χ1n) is 14.4. The fourth-order valence-electron chi connectivity index (χ4n) is 7.48. The largest absolute Gasteiger partial charge is 0.394 e. The molecule has 230 valence electrons. The number of hydrogen-bond donors (Lipinski definition) is 1. The number of ketones is 1. The second-order valence-corrected chi connectivity index (χ2v) is 13.0. The number of nitrogens with zero attached hydrogens (tertiary/aromatic N) is 4. The van der Waals surface area contributed by atoms with E-state index in [1.807, 2.05) is 0 Å². The van der Waals surface area contributed by atoms with Crippen molar-refractivity contribution in [2.45, 2.75) is 64.2 Å². The number of hydrogen-bond acceptors (Lipinski definition) is 7. The van der Waals surface area contributed by atoms with Crippen LogP contribution in [-0.2, 0) is 9.53 Å². The first kappa shape index (κ1) is 28.4. The van der Waals surface area contributed by atoms with E-state index in [4.69, 9.17) is 4.74 Å². The molecule has 2 aromatic heterocycles. The SMILES string of the molecule is Cc1nc(NC(=O)[C@H]2CCO[C@@H](c3ccc(=O)n(N4CC5C(C4)C5(F)F)c3)C2)c(C(=O)C23CC(C(F)(F)F)(C2)C3)nc1C. The summed E-state index contributed by atoms with van der Waals surface area (Å²) in [5, 5.41) is 4.32. The molecule has 2 aromatic rings. The number of halogens is 5. The van der Waals surface area contributed by atoms with Crippen LogP contribution in [0.15, 0.2) is 23.1 Å². The summed E-state index contributed by atoms with van der Waals surface area (Å²) in [6.45, 7) is 3.69. The van der Waals surface area contributed by atoms with Gasteiger partial charge in [0.2, 0.25) is 5.91 Å². The molecule has 1 amide bonds. The van der Waals surface area contributed by atoms with E-state index < -0.39 is 58.5 Å². The Hall–Kier alpha value is -3.42. The topological polar surface area (TPSA) is 106 Å². The molecule has 6 fully saturated rings. The van der Waals surface area contributed by atoms with Crippen LogP contribution < -0.4 is 15.9 Å². The first-order chi connectivity index (χ1) is 20.1. The van der Waals surface area contributed by atoms with Crippen molar-refractivity contribution in [2.24, 2.45) is 28.6 Å². The van der Waals surface area contributed by atoms with Crippen LogP contribution in [0, 0.1) is 42.4 Å². The Bertz CT molecular complexity index is 1570.